The summed E-state index contributed by atoms with van der Waals surface area (Å²) in [6.45, 7) is 3.88. The van der Waals surface area contributed by atoms with Crippen LogP contribution in [0.25, 0.3) is 0 Å². The summed E-state index contributed by atoms with van der Waals surface area (Å²) in [5.41, 5.74) is 7.16. The number of rotatable bonds is 3. The van der Waals surface area contributed by atoms with Crippen LogP contribution in [0.4, 0.5) is 0 Å². The second kappa shape index (κ2) is 4.34. The van der Waals surface area contributed by atoms with Crippen LogP contribution in [0.2, 0.25) is 0 Å². The lowest BCUT2D eigenvalue weighted by atomic mass is 10.1. The third kappa shape index (κ3) is 2.12. The SMILES string of the molecule is CCN1C(N)=NCC1Cc1ccccc1. The summed E-state index contributed by atoms with van der Waals surface area (Å²) in [7, 11) is 0. The number of hydrogen-bond donors (Lipinski definition) is 1. The van der Waals surface area contributed by atoms with Gasteiger partial charge < -0.3 is 10.6 Å². The molecule has 1 aromatic rings. The van der Waals surface area contributed by atoms with Gasteiger partial charge in [-0.25, -0.2) is 0 Å². The zero-order valence-corrected chi connectivity index (χ0v) is 9.06. The van der Waals surface area contributed by atoms with Crippen molar-refractivity contribution in [3.8, 4) is 0 Å². The van der Waals surface area contributed by atoms with Crippen LogP contribution < -0.4 is 5.73 Å². The molecule has 2 N–H and O–H groups in total. The highest BCUT2D eigenvalue weighted by molar-refractivity contribution is 5.80. The van der Waals surface area contributed by atoms with Crippen LogP contribution in [0, 0.1) is 0 Å². The minimum Gasteiger partial charge on any atom is -0.370 e. The third-order valence-corrected chi connectivity index (χ3v) is 2.85. The van der Waals surface area contributed by atoms with Crippen molar-refractivity contribution in [2.24, 2.45) is 10.7 Å². The Hall–Kier alpha value is -1.51. The second-order valence-corrected chi connectivity index (χ2v) is 3.83. The number of guanidine groups is 1. The normalized spacial score (nSPS) is 20.5. The number of benzene rings is 1. The first-order valence-electron chi connectivity index (χ1n) is 5.41. The molecule has 0 fully saturated rings. The molecular formula is C12H17N3. The van der Waals surface area contributed by atoms with Gasteiger partial charge in [0.15, 0.2) is 5.96 Å². The number of nitrogens with two attached hydrogens (primary N) is 1. The quantitative estimate of drug-likeness (QED) is 0.803. The Morgan fingerprint density at radius 2 is 2.13 bits per heavy atom. The van der Waals surface area contributed by atoms with E-state index in [1.807, 2.05) is 6.07 Å². The largest absolute Gasteiger partial charge is 0.370 e. The molecule has 1 aliphatic rings. The van der Waals surface area contributed by atoms with Gasteiger partial charge in [0.2, 0.25) is 0 Å². The molecule has 0 aromatic heterocycles. The lowest BCUT2D eigenvalue weighted by Gasteiger charge is -2.24. The Labute approximate surface area is 90.6 Å². The van der Waals surface area contributed by atoms with Crippen LogP contribution in [0.1, 0.15) is 12.5 Å². The minimum absolute atomic E-state index is 0.442. The van der Waals surface area contributed by atoms with Crippen molar-refractivity contribution >= 4 is 5.96 Å². The Bertz CT molecular complexity index is 345. The van der Waals surface area contributed by atoms with Crippen LogP contribution in [0.3, 0.4) is 0 Å². The zero-order valence-electron chi connectivity index (χ0n) is 9.06. The first kappa shape index (κ1) is 10.0. The predicted molar refractivity (Wildman–Crippen MR) is 62.8 cm³/mol. The van der Waals surface area contributed by atoms with Crippen molar-refractivity contribution in [2.75, 3.05) is 13.1 Å². The molecule has 15 heavy (non-hydrogen) atoms. The van der Waals surface area contributed by atoms with Crippen molar-refractivity contribution < 1.29 is 0 Å². The van der Waals surface area contributed by atoms with E-state index >= 15 is 0 Å². The molecule has 0 amide bonds. The molecule has 1 aromatic carbocycles. The number of likely N-dealkylation sites (N-methyl/N-ethyl adjacent to an activating group) is 1. The van der Waals surface area contributed by atoms with Crippen LogP contribution in [-0.4, -0.2) is 30.0 Å². The van der Waals surface area contributed by atoms with Crippen LogP contribution in [-0.2, 0) is 6.42 Å². The van der Waals surface area contributed by atoms with E-state index in [-0.39, 0.29) is 0 Å². The number of aliphatic imine (C=N–C) groups is 1. The van der Waals surface area contributed by atoms with Crippen molar-refractivity contribution in [2.45, 2.75) is 19.4 Å². The molecule has 3 heteroatoms. The van der Waals surface area contributed by atoms with Gasteiger partial charge in [-0.05, 0) is 18.9 Å². The van der Waals surface area contributed by atoms with Gasteiger partial charge in [-0.3, -0.25) is 4.99 Å². The van der Waals surface area contributed by atoms with Crippen LogP contribution in [0.15, 0.2) is 35.3 Å². The summed E-state index contributed by atoms with van der Waals surface area (Å²) in [5, 5.41) is 0. The van der Waals surface area contributed by atoms with Crippen molar-refractivity contribution in [1.29, 1.82) is 0 Å². The number of nitrogens with zero attached hydrogens (tertiary/aromatic N) is 2. The molecular weight excluding hydrogens is 186 g/mol. The van der Waals surface area contributed by atoms with Gasteiger partial charge in [0.1, 0.15) is 0 Å². The van der Waals surface area contributed by atoms with Gasteiger partial charge in [-0.1, -0.05) is 30.3 Å². The van der Waals surface area contributed by atoms with Gasteiger partial charge >= 0.3 is 0 Å². The van der Waals surface area contributed by atoms with Gasteiger partial charge in [0, 0.05) is 6.54 Å². The summed E-state index contributed by atoms with van der Waals surface area (Å²) < 4.78 is 0. The van der Waals surface area contributed by atoms with E-state index in [0.717, 1.165) is 19.5 Å². The van der Waals surface area contributed by atoms with Gasteiger partial charge in [0.05, 0.1) is 12.6 Å². The molecule has 80 valence electrons. The standard InChI is InChI=1S/C12H17N3/c1-2-15-11(9-14-12(15)13)8-10-6-4-3-5-7-10/h3-7,11H,2,8-9H2,1H3,(H2,13,14). The monoisotopic (exact) mass is 203 g/mol. The van der Waals surface area contributed by atoms with E-state index < -0.39 is 0 Å². The molecule has 0 radical (unpaired) electrons. The van der Waals surface area contributed by atoms with Gasteiger partial charge in [-0.2, -0.15) is 0 Å². The average molecular weight is 203 g/mol. The summed E-state index contributed by atoms with van der Waals surface area (Å²) >= 11 is 0. The highest BCUT2D eigenvalue weighted by Crippen LogP contribution is 2.13. The van der Waals surface area contributed by atoms with E-state index in [4.69, 9.17) is 5.73 Å². The number of hydrogen-bond acceptors (Lipinski definition) is 3. The van der Waals surface area contributed by atoms with E-state index in [1.54, 1.807) is 0 Å². The smallest absolute Gasteiger partial charge is 0.191 e. The Morgan fingerprint density at radius 1 is 1.40 bits per heavy atom. The topological polar surface area (TPSA) is 41.6 Å². The Kier molecular flexibility index (Phi) is 2.90. The molecule has 1 atom stereocenters. The third-order valence-electron chi connectivity index (χ3n) is 2.85. The molecule has 0 spiro atoms. The fraction of sp³-hybridized carbons (Fsp3) is 0.417. The first-order valence-corrected chi connectivity index (χ1v) is 5.41. The Balaban J connectivity index is 2.02. The maximum atomic E-state index is 5.81. The van der Waals surface area contributed by atoms with E-state index in [0.29, 0.717) is 12.0 Å². The van der Waals surface area contributed by atoms with Gasteiger partial charge in [0.25, 0.3) is 0 Å². The van der Waals surface area contributed by atoms with Crippen LogP contribution in [0.5, 0.6) is 0 Å². The fourth-order valence-electron chi connectivity index (χ4n) is 2.06. The maximum Gasteiger partial charge on any atom is 0.191 e. The molecule has 0 aliphatic carbocycles. The summed E-state index contributed by atoms with van der Waals surface area (Å²) in [5.74, 6) is 0.693. The lowest BCUT2D eigenvalue weighted by molar-refractivity contribution is 0.353. The first-order chi connectivity index (χ1) is 7.31. The molecule has 0 saturated carbocycles. The fourth-order valence-corrected chi connectivity index (χ4v) is 2.06. The van der Waals surface area contributed by atoms with E-state index in [9.17, 15) is 0 Å². The Morgan fingerprint density at radius 3 is 2.80 bits per heavy atom. The van der Waals surface area contributed by atoms with Crippen molar-refractivity contribution in [1.82, 2.24) is 4.90 Å². The summed E-state index contributed by atoms with van der Waals surface area (Å²) in [4.78, 5) is 6.46. The summed E-state index contributed by atoms with van der Waals surface area (Å²) in [6.07, 6.45) is 1.03. The van der Waals surface area contributed by atoms with Gasteiger partial charge in [-0.15, -0.1) is 0 Å². The second-order valence-electron chi connectivity index (χ2n) is 3.83. The molecule has 1 unspecified atom stereocenters. The zero-order chi connectivity index (χ0) is 10.7. The average Bonchev–Trinajstić information content (AvgIpc) is 2.61. The molecule has 2 rings (SSSR count). The molecule has 3 nitrogen and oxygen atoms in total. The highest BCUT2D eigenvalue weighted by atomic mass is 15.3. The predicted octanol–water partition coefficient (Wildman–Crippen LogP) is 1.25. The molecule has 1 heterocycles. The van der Waals surface area contributed by atoms with Crippen LogP contribution >= 0.6 is 0 Å². The van der Waals surface area contributed by atoms with Crippen molar-refractivity contribution in [3.05, 3.63) is 35.9 Å². The molecule has 1 aliphatic heterocycles. The molecule has 0 saturated heterocycles. The molecule has 0 bridgehead atoms. The van der Waals surface area contributed by atoms with E-state index in [1.165, 1.54) is 5.56 Å². The van der Waals surface area contributed by atoms with E-state index in [2.05, 4.69) is 41.1 Å². The minimum atomic E-state index is 0.442. The van der Waals surface area contributed by atoms with Crippen molar-refractivity contribution in [3.63, 3.8) is 0 Å². The summed E-state index contributed by atoms with van der Waals surface area (Å²) in [6, 6.07) is 10.9. The lowest BCUT2D eigenvalue weighted by Crippen LogP contribution is -2.41. The maximum absolute atomic E-state index is 5.81. The highest BCUT2D eigenvalue weighted by Gasteiger charge is 2.24.